The normalized spacial score (nSPS) is 25.3. The molecule has 0 aromatic rings. The molecule has 0 saturated carbocycles. The maximum absolute atomic E-state index is 10.7. The number of carbonyl (C=O) groups excluding carboxylic acids is 1. The molecule has 0 N–H and O–H groups in total. The summed E-state index contributed by atoms with van der Waals surface area (Å²) >= 11 is 1.35. The average Bonchev–Trinajstić information content (AvgIpc) is 1.95. The third-order valence-corrected chi connectivity index (χ3v) is 1.83. The molecule has 0 heterocycles. The third kappa shape index (κ3) is 2.15. The minimum atomic E-state index is 0.146. The van der Waals surface area contributed by atoms with Gasteiger partial charge in [0.25, 0.3) is 0 Å². The smallest absolute Gasteiger partial charge is 0.155 e. The zero-order chi connectivity index (χ0) is 7.40. The Labute approximate surface area is 64.8 Å². The van der Waals surface area contributed by atoms with Gasteiger partial charge in [0.15, 0.2) is 5.78 Å². The van der Waals surface area contributed by atoms with Crippen molar-refractivity contribution in [3.8, 4) is 0 Å². The Morgan fingerprint density at radius 1 is 1.80 bits per heavy atom. The first kappa shape index (κ1) is 7.82. The van der Waals surface area contributed by atoms with Gasteiger partial charge in [-0.1, -0.05) is 6.08 Å². The molecule has 0 aliphatic heterocycles. The van der Waals surface area contributed by atoms with Gasteiger partial charge in [-0.25, -0.2) is 0 Å². The molecule has 0 amide bonds. The van der Waals surface area contributed by atoms with E-state index in [0.717, 1.165) is 6.42 Å². The minimum Gasteiger partial charge on any atom is -0.308 e. The van der Waals surface area contributed by atoms with E-state index >= 15 is 0 Å². The molecular formula is C7H10O2S. The van der Waals surface area contributed by atoms with Crippen molar-refractivity contribution in [2.24, 2.45) is 0 Å². The summed E-state index contributed by atoms with van der Waals surface area (Å²) in [5, 5.41) is 0. The van der Waals surface area contributed by atoms with Gasteiger partial charge in [-0.15, -0.1) is 0 Å². The predicted molar refractivity (Wildman–Crippen MR) is 41.8 cm³/mol. The number of carbonyl (C=O) groups is 1. The van der Waals surface area contributed by atoms with Gasteiger partial charge in [0.05, 0.1) is 6.10 Å². The highest BCUT2D eigenvalue weighted by molar-refractivity contribution is 7.93. The standard InChI is InChI=1S/C7H10O2S/c1-10-9-7-4-2-6(8)3-5-7/h2,4,7H,3,5H2,1H3. The van der Waals surface area contributed by atoms with Crippen LogP contribution in [-0.2, 0) is 8.98 Å². The summed E-state index contributed by atoms with van der Waals surface area (Å²) < 4.78 is 5.21. The van der Waals surface area contributed by atoms with Crippen molar-refractivity contribution in [1.29, 1.82) is 0 Å². The fourth-order valence-corrected chi connectivity index (χ4v) is 1.29. The minimum absolute atomic E-state index is 0.146. The zero-order valence-corrected chi connectivity index (χ0v) is 6.69. The summed E-state index contributed by atoms with van der Waals surface area (Å²) in [7, 11) is 0. The summed E-state index contributed by atoms with van der Waals surface area (Å²) in [5.41, 5.74) is 0. The second-order valence-electron chi connectivity index (χ2n) is 2.17. The summed E-state index contributed by atoms with van der Waals surface area (Å²) in [6, 6.07) is 0. The quantitative estimate of drug-likeness (QED) is 0.570. The van der Waals surface area contributed by atoms with Crippen molar-refractivity contribution in [3.05, 3.63) is 12.2 Å². The van der Waals surface area contributed by atoms with E-state index in [1.807, 2.05) is 12.3 Å². The monoisotopic (exact) mass is 158 g/mol. The molecule has 1 atom stereocenters. The van der Waals surface area contributed by atoms with Crippen LogP contribution in [0.1, 0.15) is 12.8 Å². The second kappa shape index (κ2) is 3.78. The van der Waals surface area contributed by atoms with Crippen LogP contribution in [0.4, 0.5) is 0 Å². The fraction of sp³-hybridized carbons (Fsp3) is 0.571. The van der Waals surface area contributed by atoms with Gasteiger partial charge in [-0.05, 0) is 24.5 Å². The Balaban J connectivity index is 2.37. The average molecular weight is 158 g/mol. The lowest BCUT2D eigenvalue weighted by molar-refractivity contribution is -0.115. The van der Waals surface area contributed by atoms with Crippen LogP contribution in [0.5, 0.6) is 0 Å². The number of allylic oxidation sites excluding steroid dienone is 1. The summed E-state index contributed by atoms with van der Waals surface area (Å²) in [5.74, 6) is 0.209. The molecule has 10 heavy (non-hydrogen) atoms. The molecule has 1 aliphatic carbocycles. The van der Waals surface area contributed by atoms with Gasteiger partial charge in [-0.2, -0.15) is 0 Å². The lowest BCUT2D eigenvalue weighted by atomic mass is 10.0. The number of rotatable bonds is 2. The zero-order valence-electron chi connectivity index (χ0n) is 5.87. The second-order valence-corrected chi connectivity index (χ2v) is 2.69. The maximum Gasteiger partial charge on any atom is 0.155 e. The van der Waals surface area contributed by atoms with E-state index < -0.39 is 0 Å². The molecule has 3 heteroatoms. The summed E-state index contributed by atoms with van der Waals surface area (Å²) in [6.07, 6.45) is 6.90. The maximum atomic E-state index is 10.7. The van der Waals surface area contributed by atoms with E-state index in [4.69, 9.17) is 4.18 Å². The highest BCUT2D eigenvalue weighted by atomic mass is 32.2. The Hall–Kier alpha value is -0.280. The van der Waals surface area contributed by atoms with Gasteiger partial charge < -0.3 is 4.18 Å². The van der Waals surface area contributed by atoms with Crippen LogP contribution in [0.3, 0.4) is 0 Å². The Kier molecular flexibility index (Phi) is 2.96. The highest BCUT2D eigenvalue weighted by Crippen LogP contribution is 2.14. The van der Waals surface area contributed by atoms with Gasteiger partial charge >= 0.3 is 0 Å². The first-order valence-corrected chi connectivity index (χ1v) is 4.38. The van der Waals surface area contributed by atoms with Crippen molar-refractivity contribution in [1.82, 2.24) is 0 Å². The van der Waals surface area contributed by atoms with Crippen LogP contribution in [0.25, 0.3) is 0 Å². The van der Waals surface area contributed by atoms with Gasteiger partial charge in [0, 0.05) is 12.7 Å². The van der Waals surface area contributed by atoms with Crippen molar-refractivity contribution in [2.75, 3.05) is 6.26 Å². The summed E-state index contributed by atoms with van der Waals surface area (Å²) in [4.78, 5) is 10.7. The van der Waals surface area contributed by atoms with Crippen molar-refractivity contribution < 1.29 is 8.98 Å². The van der Waals surface area contributed by atoms with Gasteiger partial charge in [-0.3, -0.25) is 4.79 Å². The fourth-order valence-electron chi connectivity index (χ4n) is 0.883. The van der Waals surface area contributed by atoms with Crippen LogP contribution in [0.2, 0.25) is 0 Å². The Morgan fingerprint density at radius 2 is 2.60 bits per heavy atom. The van der Waals surface area contributed by atoms with Crippen LogP contribution >= 0.6 is 12.0 Å². The Morgan fingerprint density at radius 3 is 3.10 bits per heavy atom. The van der Waals surface area contributed by atoms with E-state index in [1.165, 1.54) is 12.0 Å². The Bertz CT molecular complexity index is 154. The summed E-state index contributed by atoms with van der Waals surface area (Å²) in [6.45, 7) is 0. The molecule has 56 valence electrons. The predicted octanol–water partition coefficient (Wildman–Crippen LogP) is 1.57. The molecular weight excluding hydrogens is 148 g/mol. The highest BCUT2D eigenvalue weighted by Gasteiger charge is 2.12. The molecule has 1 aliphatic rings. The first-order valence-electron chi connectivity index (χ1n) is 3.23. The molecule has 0 aromatic carbocycles. The molecule has 1 unspecified atom stereocenters. The molecule has 0 fully saturated rings. The van der Waals surface area contributed by atoms with E-state index in [0.29, 0.717) is 6.42 Å². The molecule has 0 radical (unpaired) electrons. The molecule has 0 aromatic heterocycles. The largest absolute Gasteiger partial charge is 0.308 e. The van der Waals surface area contributed by atoms with E-state index in [-0.39, 0.29) is 11.9 Å². The van der Waals surface area contributed by atoms with Crippen LogP contribution in [-0.4, -0.2) is 18.1 Å². The molecule has 0 saturated heterocycles. The lowest BCUT2D eigenvalue weighted by Crippen LogP contribution is -2.13. The van der Waals surface area contributed by atoms with Crippen molar-refractivity contribution in [3.63, 3.8) is 0 Å². The number of hydrogen-bond acceptors (Lipinski definition) is 3. The van der Waals surface area contributed by atoms with E-state index in [9.17, 15) is 4.79 Å². The van der Waals surface area contributed by atoms with Crippen LogP contribution in [0.15, 0.2) is 12.2 Å². The van der Waals surface area contributed by atoms with Gasteiger partial charge in [0.2, 0.25) is 0 Å². The van der Waals surface area contributed by atoms with Crippen molar-refractivity contribution in [2.45, 2.75) is 18.9 Å². The SMILES string of the molecule is CSOC1C=CC(=O)CC1. The topological polar surface area (TPSA) is 26.3 Å². The number of hydrogen-bond donors (Lipinski definition) is 0. The number of ketones is 1. The van der Waals surface area contributed by atoms with Crippen molar-refractivity contribution >= 4 is 17.8 Å². The third-order valence-electron chi connectivity index (χ3n) is 1.39. The van der Waals surface area contributed by atoms with Crippen LogP contribution in [0, 0.1) is 0 Å². The van der Waals surface area contributed by atoms with E-state index in [2.05, 4.69) is 0 Å². The van der Waals surface area contributed by atoms with Gasteiger partial charge in [0.1, 0.15) is 0 Å². The van der Waals surface area contributed by atoms with Crippen LogP contribution < -0.4 is 0 Å². The molecule has 0 bridgehead atoms. The van der Waals surface area contributed by atoms with E-state index in [1.54, 1.807) is 6.08 Å². The molecule has 1 rings (SSSR count). The molecule has 0 spiro atoms. The first-order chi connectivity index (χ1) is 4.83. The molecule has 2 nitrogen and oxygen atoms in total. The lowest BCUT2D eigenvalue weighted by Gasteiger charge is -2.13.